The molecule has 8 nitrogen and oxygen atoms in total. The van der Waals surface area contributed by atoms with Crippen molar-refractivity contribution in [1.82, 2.24) is 10.2 Å². The Bertz CT molecular complexity index is 1080. The summed E-state index contributed by atoms with van der Waals surface area (Å²) in [4.78, 5) is 35.6. The van der Waals surface area contributed by atoms with Crippen molar-refractivity contribution in [3.05, 3.63) is 57.3 Å². The normalized spacial score (nSPS) is 10.3. The van der Waals surface area contributed by atoms with E-state index in [1.54, 1.807) is 35.7 Å². The SMILES string of the molecule is N#Cc1ccsc1NC(=O)COC(=O)Cc1n[nH]c(=O)c2ccccc12. The average Bonchev–Trinajstić information content (AvgIpc) is 3.09. The first-order valence-electron chi connectivity index (χ1n) is 7.48. The molecular weight excluding hydrogens is 356 g/mol. The van der Waals surface area contributed by atoms with Gasteiger partial charge < -0.3 is 10.1 Å². The third-order valence-electron chi connectivity index (χ3n) is 3.49. The molecule has 26 heavy (non-hydrogen) atoms. The number of ether oxygens (including phenoxy) is 1. The van der Waals surface area contributed by atoms with E-state index in [2.05, 4.69) is 15.5 Å². The van der Waals surface area contributed by atoms with Crippen molar-refractivity contribution in [1.29, 1.82) is 5.26 Å². The Labute approximate surface area is 151 Å². The molecule has 1 amide bonds. The van der Waals surface area contributed by atoms with E-state index in [9.17, 15) is 14.4 Å². The van der Waals surface area contributed by atoms with Crippen molar-refractivity contribution in [2.75, 3.05) is 11.9 Å². The fraction of sp³-hybridized carbons (Fsp3) is 0.118. The number of nitrogens with one attached hydrogen (secondary N) is 2. The molecule has 1 aromatic carbocycles. The molecule has 3 rings (SSSR count). The number of anilines is 1. The van der Waals surface area contributed by atoms with Gasteiger partial charge in [0.05, 0.1) is 23.1 Å². The van der Waals surface area contributed by atoms with Gasteiger partial charge in [0.15, 0.2) is 6.61 Å². The molecule has 0 saturated carbocycles. The van der Waals surface area contributed by atoms with Crippen LogP contribution in [-0.2, 0) is 20.7 Å². The van der Waals surface area contributed by atoms with Crippen LogP contribution in [0.25, 0.3) is 10.8 Å². The molecule has 0 spiro atoms. The van der Waals surface area contributed by atoms with Gasteiger partial charge in [-0.1, -0.05) is 18.2 Å². The van der Waals surface area contributed by atoms with Crippen LogP contribution in [0.5, 0.6) is 0 Å². The molecule has 3 aromatic rings. The number of fused-ring (bicyclic) bond motifs is 1. The van der Waals surface area contributed by atoms with Gasteiger partial charge in [-0.2, -0.15) is 10.4 Å². The van der Waals surface area contributed by atoms with Gasteiger partial charge in [0.25, 0.3) is 11.5 Å². The highest BCUT2D eigenvalue weighted by Crippen LogP contribution is 2.21. The van der Waals surface area contributed by atoms with Crippen LogP contribution in [0.1, 0.15) is 11.3 Å². The maximum Gasteiger partial charge on any atom is 0.312 e. The van der Waals surface area contributed by atoms with Crippen molar-refractivity contribution >= 4 is 39.0 Å². The number of benzene rings is 1. The Hall–Kier alpha value is -3.51. The zero-order valence-electron chi connectivity index (χ0n) is 13.3. The number of thiophene rings is 1. The molecule has 2 heterocycles. The summed E-state index contributed by atoms with van der Waals surface area (Å²) < 4.78 is 4.95. The Morgan fingerprint density at radius 2 is 2.04 bits per heavy atom. The van der Waals surface area contributed by atoms with Crippen LogP contribution in [0.3, 0.4) is 0 Å². The summed E-state index contributed by atoms with van der Waals surface area (Å²) in [6.07, 6.45) is -0.187. The number of rotatable bonds is 5. The van der Waals surface area contributed by atoms with Crippen LogP contribution >= 0.6 is 11.3 Å². The van der Waals surface area contributed by atoms with Gasteiger partial charge in [-0.15, -0.1) is 11.3 Å². The Morgan fingerprint density at radius 3 is 2.81 bits per heavy atom. The lowest BCUT2D eigenvalue weighted by Crippen LogP contribution is -2.22. The molecule has 0 bridgehead atoms. The molecule has 130 valence electrons. The van der Waals surface area contributed by atoms with E-state index in [1.165, 1.54) is 11.3 Å². The average molecular weight is 368 g/mol. The van der Waals surface area contributed by atoms with Crippen LogP contribution in [0.2, 0.25) is 0 Å². The van der Waals surface area contributed by atoms with Gasteiger partial charge in [0.1, 0.15) is 11.1 Å². The molecule has 0 aliphatic carbocycles. The molecular formula is C17H12N4O4S. The summed E-state index contributed by atoms with van der Waals surface area (Å²) in [6, 6.07) is 10.3. The molecule has 0 atom stereocenters. The van der Waals surface area contributed by atoms with E-state index in [1.807, 2.05) is 6.07 Å². The topological polar surface area (TPSA) is 125 Å². The molecule has 0 aliphatic heterocycles. The maximum absolute atomic E-state index is 12.0. The van der Waals surface area contributed by atoms with E-state index in [0.717, 1.165) is 0 Å². The third-order valence-corrected chi connectivity index (χ3v) is 4.32. The smallest absolute Gasteiger partial charge is 0.312 e. The molecule has 0 fully saturated rings. The zero-order valence-corrected chi connectivity index (χ0v) is 14.1. The predicted molar refractivity (Wildman–Crippen MR) is 94.7 cm³/mol. The standard InChI is InChI=1S/C17H12N4O4S/c18-8-10-5-6-26-17(10)19-14(22)9-25-15(23)7-13-11-3-1-2-4-12(11)16(24)21-20-13/h1-6H,7,9H2,(H,19,22)(H,21,24). The first-order valence-corrected chi connectivity index (χ1v) is 8.36. The van der Waals surface area contributed by atoms with Crippen molar-refractivity contribution < 1.29 is 14.3 Å². The Morgan fingerprint density at radius 1 is 1.27 bits per heavy atom. The highest BCUT2D eigenvalue weighted by Gasteiger charge is 2.14. The van der Waals surface area contributed by atoms with Crippen LogP contribution < -0.4 is 10.9 Å². The highest BCUT2D eigenvalue weighted by molar-refractivity contribution is 7.14. The number of hydrogen-bond acceptors (Lipinski definition) is 7. The van der Waals surface area contributed by atoms with Crippen molar-refractivity contribution in [3.63, 3.8) is 0 Å². The summed E-state index contributed by atoms with van der Waals surface area (Å²) in [5, 5.41) is 20.7. The minimum Gasteiger partial charge on any atom is -0.455 e. The quantitative estimate of drug-likeness (QED) is 0.659. The summed E-state index contributed by atoms with van der Waals surface area (Å²) >= 11 is 1.20. The third kappa shape index (κ3) is 3.76. The molecule has 2 aromatic heterocycles. The Kier molecular flexibility index (Phi) is 5.05. The molecule has 0 saturated heterocycles. The second kappa shape index (κ2) is 7.58. The van der Waals surface area contributed by atoms with Crippen LogP contribution in [0.4, 0.5) is 5.00 Å². The molecule has 2 N–H and O–H groups in total. The highest BCUT2D eigenvalue weighted by atomic mass is 32.1. The Balaban J connectivity index is 1.61. The van der Waals surface area contributed by atoms with Gasteiger partial charge in [-0.3, -0.25) is 14.4 Å². The number of amides is 1. The second-order valence-electron chi connectivity index (χ2n) is 5.21. The number of H-pyrrole nitrogens is 1. The number of aromatic nitrogens is 2. The van der Waals surface area contributed by atoms with E-state index in [-0.39, 0.29) is 12.0 Å². The molecule has 0 aliphatic rings. The summed E-state index contributed by atoms with van der Waals surface area (Å²) in [5.41, 5.74) is 0.357. The number of esters is 1. The molecule has 0 unspecified atom stereocenters. The number of aromatic amines is 1. The van der Waals surface area contributed by atoms with Gasteiger partial charge in [-0.05, 0) is 17.5 Å². The lowest BCUT2D eigenvalue weighted by atomic mass is 10.1. The fourth-order valence-corrected chi connectivity index (χ4v) is 3.05. The zero-order chi connectivity index (χ0) is 18.5. The number of nitrogens with zero attached hydrogens (tertiary/aromatic N) is 2. The van der Waals surface area contributed by atoms with Gasteiger partial charge in [0.2, 0.25) is 0 Å². The van der Waals surface area contributed by atoms with E-state index in [4.69, 9.17) is 10.00 Å². The van der Waals surface area contributed by atoms with Crippen molar-refractivity contribution in [2.45, 2.75) is 6.42 Å². The molecule has 0 radical (unpaired) electrons. The lowest BCUT2D eigenvalue weighted by molar-refractivity contribution is -0.146. The lowest BCUT2D eigenvalue weighted by Gasteiger charge is -2.07. The number of nitriles is 1. The number of hydrogen-bond donors (Lipinski definition) is 2. The van der Waals surface area contributed by atoms with E-state index < -0.39 is 18.5 Å². The van der Waals surface area contributed by atoms with E-state index in [0.29, 0.717) is 27.0 Å². The predicted octanol–water partition coefficient (Wildman–Crippen LogP) is 1.58. The second-order valence-corrected chi connectivity index (χ2v) is 6.12. The van der Waals surface area contributed by atoms with Crippen LogP contribution in [-0.4, -0.2) is 28.7 Å². The van der Waals surface area contributed by atoms with Crippen molar-refractivity contribution in [2.24, 2.45) is 0 Å². The maximum atomic E-state index is 12.0. The summed E-state index contributed by atoms with van der Waals surface area (Å²) in [7, 11) is 0. The first-order chi connectivity index (χ1) is 12.6. The summed E-state index contributed by atoms with van der Waals surface area (Å²) in [6.45, 7) is -0.483. The first kappa shape index (κ1) is 17.3. The summed E-state index contributed by atoms with van der Waals surface area (Å²) in [5.74, 6) is -1.20. The number of carbonyl (C=O) groups excluding carboxylic acids is 2. The largest absolute Gasteiger partial charge is 0.455 e. The van der Waals surface area contributed by atoms with Gasteiger partial charge in [-0.25, -0.2) is 5.10 Å². The van der Waals surface area contributed by atoms with Gasteiger partial charge in [0, 0.05) is 5.39 Å². The van der Waals surface area contributed by atoms with Crippen LogP contribution in [0, 0.1) is 11.3 Å². The number of carbonyl (C=O) groups is 2. The van der Waals surface area contributed by atoms with Gasteiger partial charge >= 0.3 is 5.97 Å². The van der Waals surface area contributed by atoms with E-state index >= 15 is 0 Å². The minimum atomic E-state index is -0.656. The minimum absolute atomic E-state index is 0.187. The van der Waals surface area contributed by atoms with Crippen molar-refractivity contribution in [3.8, 4) is 6.07 Å². The van der Waals surface area contributed by atoms with Crippen LogP contribution in [0.15, 0.2) is 40.5 Å². The fourth-order valence-electron chi connectivity index (χ4n) is 2.30. The molecule has 9 heteroatoms. The monoisotopic (exact) mass is 368 g/mol.